The number of anilines is 1. The standard InChI is InChI=1S/C25H33N7O2/c1-29(2)20-12-10-19(11-13-20)23(24-26-27-28-32(24)21-7-4-3-5-8-21)30-14-16-31(17-15-30)25(33)22-9-6-18-34-22/h6,9-13,18,21,23H,3-5,7-8,14-17H2,1-2H3. The largest absolute Gasteiger partial charge is 0.459 e. The maximum Gasteiger partial charge on any atom is 0.289 e. The number of rotatable bonds is 6. The van der Waals surface area contributed by atoms with E-state index in [4.69, 9.17) is 4.42 Å². The molecule has 9 nitrogen and oxygen atoms in total. The zero-order chi connectivity index (χ0) is 23.5. The van der Waals surface area contributed by atoms with E-state index >= 15 is 0 Å². The van der Waals surface area contributed by atoms with Gasteiger partial charge in [0.2, 0.25) is 0 Å². The number of furan rings is 1. The number of carbonyl (C=O) groups excluding carboxylic acids is 1. The van der Waals surface area contributed by atoms with Crippen LogP contribution in [-0.2, 0) is 0 Å². The van der Waals surface area contributed by atoms with E-state index in [0.717, 1.165) is 37.4 Å². The molecule has 2 aromatic heterocycles. The van der Waals surface area contributed by atoms with Crippen LogP contribution in [0.2, 0.25) is 0 Å². The number of hydrogen-bond donors (Lipinski definition) is 0. The van der Waals surface area contributed by atoms with Gasteiger partial charge in [0.05, 0.1) is 18.3 Å². The fourth-order valence-electron chi connectivity index (χ4n) is 5.18. The van der Waals surface area contributed by atoms with Crippen LogP contribution in [-0.4, -0.2) is 76.2 Å². The van der Waals surface area contributed by atoms with E-state index in [-0.39, 0.29) is 11.9 Å². The van der Waals surface area contributed by atoms with Crippen molar-refractivity contribution >= 4 is 11.6 Å². The molecule has 2 aliphatic rings. The van der Waals surface area contributed by atoms with E-state index in [0.29, 0.717) is 24.9 Å². The van der Waals surface area contributed by atoms with Gasteiger partial charge in [0.25, 0.3) is 5.91 Å². The van der Waals surface area contributed by atoms with Gasteiger partial charge in [0.15, 0.2) is 11.6 Å². The Bertz CT molecular complexity index is 1060. The molecule has 180 valence electrons. The summed E-state index contributed by atoms with van der Waals surface area (Å²) in [7, 11) is 4.09. The summed E-state index contributed by atoms with van der Waals surface area (Å²) in [5.41, 5.74) is 2.33. The molecule has 0 spiro atoms. The highest BCUT2D eigenvalue weighted by molar-refractivity contribution is 5.91. The van der Waals surface area contributed by atoms with Gasteiger partial charge < -0.3 is 14.2 Å². The van der Waals surface area contributed by atoms with Crippen LogP contribution < -0.4 is 4.90 Å². The lowest BCUT2D eigenvalue weighted by molar-refractivity contribution is 0.0557. The summed E-state index contributed by atoms with van der Waals surface area (Å²) in [4.78, 5) is 19.1. The molecule has 1 aromatic carbocycles. The topological polar surface area (TPSA) is 83.5 Å². The molecule has 1 aliphatic carbocycles. The SMILES string of the molecule is CN(C)c1ccc(C(c2nnnn2C2CCCCC2)N2CCN(C(=O)c3ccco3)CC2)cc1. The van der Waals surface area contributed by atoms with Crippen molar-refractivity contribution in [1.82, 2.24) is 30.0 Å². The molecule has 1 saturated carbocycles. The van der Waals surface area contributed by atoms with Crippen molar-refractivity contribution in [3.63, 3.8) is 0 Å². The van der Waals surface area contributed by atoms with Gasteiger partial charge >= 0.3 is 0 Å². The highest BCUT2D eigenvalue weighted by Crippen LogP contribution is 2.34. The molecule has 1 saturated heterocycles. The molecular formula is C25H33N7O2. The fourth-order valence-corrected chi connectivity index (χ4v) is 5.18. The quantitative estimate of drug-likeness (QED) is 0.554. The number of tetrazole rings is 1. The number of hydrogen-bond acceptors (Lipinski definition) is 7. The first kappa shape index (κ1) is 22.6. The summed E-state index contributed by atoms with van der Waals surface area (Å²) >= 11 is 0. The number of carbonyl (C=O) groups is 1. The Balaban J connectivity index is 1.41. The van der Waals surface area contributed by atoms with E-state index in [1.807, 2.05) is 19.0 Å². The van der Waals surface area contributed by atoms with Gasteiger partial charge in [-0.05, 0) is 53.1 Å². The van der Waals surface area contributed by atoms with Gasteiger partial charge in [-0.2, -0.15) is 0 Å². The van der Waals surface area contributed by atoms with Gasteiger partial charge in [-0.3, -0.25) is 9.69 Å². The second kappa shape index (κ2) is 9.97. The fraction of sp³-hybridized carbons (Fsp3) is 0.520. The molecule has 9 heteroatoms. The molecular weight excluding hydrogens is 430 g/mol. The lowest BCUT2D eigenvalue weighted by Gasteiger charge is -2.39. The first-order valence-corrected chi connectivity index (χ1v) is 12.2. The summed E-state index contributed by atoms with van der Waals surface area (Å²) in [6.45, 7) is 2.75. The van der Waals surface area contributed by atoms with Gasteiger partial charge in [0, 0.05) is 46.0 Å². The molecule has 3 aromatic rings. The molecule has 2 fully saturated rings. The molecule has 1 amide bonds. The first-order chi connectivity index (χ1) is 16.6. The van der Waals surface area contributed by atoms with Gasteiger partial charge in [-0.25, -0.2) is 4.68 Å². The van der Waals surface area contributed by atoms with Gasteiger partial charge in [-0.15, -0.1) is 5.10 Å². The molecule has 3 heterocycles. The van der Waals surface area contributed by atoms with E-state index in [9.17, 15) is 4.79 Å². The minimum absolute atomic E-state index is 0.0522. The number of benzene rings is 1. The van der Waals surface area contributed by atoms with Crippen molar-refractivity contribution in [3.05, 3.63) is 59.8 Å². The number of nitrogens with zero attached hydrogens (tertiary/aromatic N) is 7. The Labute approximate surface area is 200 Å². The van der Waals surface area contributed by atoms with Crippen LogP contribution in [0.1, 0.15) is 66.1 Å². The Kier molecular flexibility index (Phi) is 6.62. The number of piperazine rings is 1. The smallest absolute Gasteiger partial charge is 0.289 e. The first-order valence-electron chi connectivity index (χ1n) is 12.2. The third kappa shape index (κ3) is 4.57. The summed E-state index contributed by atoms with van der Waals surface area (Å²) < 4.78 is 7.40. The minimum atomic E-state index is -0.0611. The van der Waals surface area contributed by atoms with Crippen molar-refractivity contribution in [2.75, 3.05) is 45.2 Å². The lowest BCUT2D eigenvalue weighted by Crippen LogP contribution is -2.50. The molecule has 0 radical (unpaired) electrons. The molecule has 1 aliphatic heterocycles. The van der Waals surface area contributed by atoms with Crippen LogP contribution in [0.3, 0.4) is 0 Å². The van der Waals surface area contributed by atoms with E-state index in [1.54, 1.807) is 18.4 Å². The molecule has 0 N–H and O–H groups in total. The van der Waals surface area contributed by atoms with E-state index in [2.05, 4.69) is 54.3 Å². The van der Waals surface area contributed by atoms with Gasteiger partial charge in [-0.1, -0.05) is 31.4 Å². The Hall–Kier alpha value is -3.20. The predicted molar refractivity (Wildman–Crippen MR) is 129 cm³/mol. The molecule has 1 unspecified atom stereocenters. The monoisotopic (exact) mass is 463 g/mol. The van der Waals surface area contributed by atoms with Crippen LogP contribution in [0.15, 0.2) is 47.1 Å². The van der Waals surface area contributed by atoms with Crippen LogP contribution in [0.25, 0.3) is 0 Å². The average Bonchev–Trinajstić information content (AvgIpc) is 3.58. The summed E-state index contributed by atoms with van der Waals surface area (Å²) in [6, 6.07) is 12.4. The van der Waals surface area contributed by atoms with Crippen molar-refractivity contribution < 1.29 is 9.21 Å². The van der Waals surface area contributed by atoms with Crippen molar-refractivity contribution in [2.45, 2.75) is 44.2 Å². The Morgan fingerprint density at radius 3 is 2.41 bits per heavy atom. The third-order valence-electron chi connectivity index (χ3n) is 7.11. The van der Waals surface area contributed by atoms with Crippen LogP contribution in [0.5, 0.6) is 0 Å². The third-order valence-corrected chi connectivity index (χ3v) is 7.11. The zero-order valence-corrected chi connectivity index (χ0v) is 20.0. The maximum absolute atomic E-state index is 12.8. The summed E-state index contributed by atoms with van der Waals surface area (Å²) in [5, 5.41) is 13.1. The predicted octanol–water partition coefficient (Wildman–Crippen LogP) is 3.38. The summed E-state index contributed by atoms with van der Waals surface area (Å²) in [6.07, 6.45) is 7.52. The second-order valence-corrected chi connectivity index (χ2v) is 9.47. The van der Waals surface area contributed by atoms with Crippen molar-refractivity contribution in [1.29, 1.82) is 0 Å². The van der Waals surface area contributed by atoms with Gasteiger partial charge in [0.1, 0.15) is 0 Å². The van der Waals surface area contributed by atoms with E-state index in [1.165, 1.54) is 24.8 Å². The lowest BCUT2D eigenvalue weighted by atomic mass is 9.95. The normalized spacial score (nSPS) is 18.7. The summed E-state index contributed by atoms with van der Waals surface area (Å²) in [5.74, 6) is 1.24. The second-order valence-electron chi connectivity index (χ2n) is 9.47. The van der Waals surface area contributed by atoms with Crippen LogP contribution >= 0.6 is 0 Å². The van der Waals surface area contributed by atoms with E-state index < -0.39 is 0 Å². The molecule has 0 bridgehead atoms. The highest BCUT2D eigenvalue weighted by atomic mass is 16.3. The maximum atomic E-state index is 12.8. The molecule has 34 heavy (non-hydrogen) atoms. The number of amides is 1. The Morgan fingerprint density at radius 2 is 1.76 bits per heavy atom. The minimum Gasteiger partial charge on any atom is -0.459 e. The zero-order valence-electron chi connectivity index (χ0n) is 20.0. The van der Waals surface area contributed by atoms with Crippen molar-refractivity contribution in [3.8, 4) is 0 Å². The highest BCUT2D eigenvalue weighted by Gasteiger charge is 2.34. The average molecular weight is 464 g/mol. The van der Waals surface area contributed by atoms with Crippen LogP contribution in [0, 0.1) is 0 Å². The molecule has 5 rings (SSSR count). The Morgan fingerprint density at radius 1 is 1.03 bits per heavy atom. The van der Waals surface area contributed by atoms with Crippen LogP contribution in [0.4, 0.5) is 5.69 Å². The number of aromatic nitrogens is 4. The molecule has 1 atom stereocenters. The van der Waals surface area contributed by atoms with Crippen molar-refractivity contribution in [2.24, 2.45) is 0 Å².